The van der Waals surface area contributed by atoms with Crippen LogP contribution < -0.4 is 0 Å². The fraction of sp³-hybridized carbons (Fsp3) is 0.133. The number of halogens is 10. The maximum atomic E-state index is 14.1. The highest BCUT2D eigenvalue weighted by atomic mass is 35.5. The van der Waals surface area contributed by atoms with Gasteiger partial charge in [0.25, 0.3) is 0 Å². The van der Waals surface area contributed by atoms with Crippen molar-refractivity contribution in [1.29, 1.82) is 5.26 Å². The van der Waals surface area contributed by atoms with E-state index in [1.165, 1.54) is 25.1 Å². The molecule has 1 aromatic carbocycles. The minimum atomic E-state index is -10.2. The first-order valence-electron chi connectivity index (χ1n) is 7.55. The molecule has 0 atom stereocenters. The van der Waals surface area contributed by atoms with Crippen molar-refractivity contribution in [2.45, 2.75) is 4.90 Å². The summed E-state index contributed by atoms with van der Waals surface area (Å²) in [6.07, 6.45) is -1.88. The number of aliphatic imine (C=N–C) groups is 1. The molecule has 0 saturated heterocycles. The van der Waals surface area contributed by atoms with Gasteiger partial charge >= 0.3 is 16.3 Å². The lowest BCUT2D eigenvalue weighted by Gasteiger charge is -2.40. The minimum Gasteiger partial charge on any atom is -0.369 e. The second kappa shape index (κ2) is 7.28. The van der Waals surface area contributed by atoms with Crippen molar-refractivity contribution in [3.05, 3.63) is 39.5 Å². The van der Waals surface area contributed by atoms with E-state index in [1.54, 1.807) is 0 Å². The maximum Gasteiger partial charge on any atom is 0.310 e. The second-order valence-electron chi connectivity index (χ2n) is 6.06. The van der Waals surface area contributed by atoms with Crippen molar-refractivity contribution in [2.24, 2.45) is 4.99 Å². The zero-order valence-electron chi connectivity index (χ0n) is 15.2. The third-order valence-corrected chi connectivity index (χ3v) is 5.11. The Morgan fingerprint density at radius 2 is 1.65 bits per heavy atom. The molecular weight excluding hydrogens is 505 g/mol. The predicted octanol–water partition coefficient (Wildman–Crippen LogP) is 7.46. The van der Waals surface area contributed by atoms with Gasteiger partial charge in [-0.25, -0.2) is 14.1 Å². The lowest BCUT2D eigenvalue weighted by Crippen LogP contribution is -2.09. The van der Waals surface area contributed by atoms with Gasteiger partial charge in [-0.3, -0.25) is 0 Å². The topological polar surface area (TPSA) is 57.2 Å². The van der Waals surface area contributed by atoms with Crippen molar-refractivity contribution in [2.75, 3.05) is 14.1 Å². The summed E-state index contributed by atoms with van der Waals surface area (Å²) in [5.74, 6) is -3.00. The van der Waals surface area contributed by atoms with Crippen LogP contribution in [0.3, 0.4) is 0 Å². The quantitative estimate of drug-likeness (QED) is 0.237. The Balaban J connectivity index is 2.96. The Hall–Kier alpha value is -2.50. The van der Waals surface area contributed by atoms with Gasteiger partial charge in [0.2, 0.25) is 5.83 Å². The molecule has 0 fully saturated rings. The molecule has 0 N–H and O–H groups in total. The van der Waals surface area contributed by atoms with Crippen molar-refractivity contribution < 1.29 is 32.6 Å². The van der Waals surface area contributed by atoms with Gasteiger partial charge in [0.15, 0.2) is 11.5 Å². The van der Waals surface area contributed by atoms with Crippen LogP contribution in [0, 0.1) is 11.3 Å². The number of aromatic nitrogens is 2. The van der Waals surface area contributed by atoms with Crippen LogP contribution in [0.15, 0.2) is 28.1 Å². The third kappa shape index (κ3) is 5.23. The van der Waals surface area contributed by atoms with E-state index >= 15 is 0 Å². The number of nitriles is 1. The van der Waals surface area contributed by atoms with Crippen LogP contribution in [-0.4, -0.2) is 35.1 Å². The highest BCUT2D eigenvalue weighted by Gasteiger charge is 2.65. The van der Waals surface area contributed by atoms with Gasteiger partial charge in [0, 0.05) is 14.1 Å². The van der Waals surface area contributed by atoms with Crippen LogP contribution in [0.2, 0.25) is 10.0 Å². The van der Waals surface area contributed by atoms with Gasteiger partial charge < -0.3 is 4.90 Å². The lowest BCUT2D eigenvalue weighted by molar-refractivity contribution is 0.364. The van der Waals surface area contributed by atoms with Crippen LogP contribution in [0.25, 0.3) is 11.5 Å². The number of rotatable bonds is 5. The Kier molecular flexibility index (Phi) is 5.82. The molecule has 0 aliphatic carbocycles. The summed E-state index contributed by atoms with van der Waals surface area (Å²) >= 11 is 11.4. The third-order valence-electron chi connectivity index (χ3n) is 3.41. The lowest BCUT2D eigenvalue weighted by atomic mass is 10.2. The first-order valence-corrected chi connectivity index (χ1v) is 10.3. The van der Waals surface area contributed by atoms with Gasteiger partial charge in [-0.15, -0.1) is 0 Å². The van der Waals surface area contributed by atoms with E-state index in [9.17, 15) is 32.6 Å². The molecule has 170 valence electrons. The van der Waals surface area contributed by atoms with E-state index in [2.05, 4.69) is 10.1 Å². The molecule has 0 radical (unpaired) electrons. The average molecular weight is 514 g/mol. The van der Waals surface area contributed by atoms with Crippen LogP contribution in [0.5, 0.6) is 0 Å². The Morgan fingerprint density at radius 1 is 1.13 bits per heavy atom. The second-order valence-corrected chi connectivity index (χ2v) is 9.28. The number of benzene rings is 1. The molecule has 0 aliphatic rings. The summed E-state index contributed by atoms with van der Waals surface area (Å²) in [7, 11) is -7.32. The Labute approximate surface area is 179 Å². The zero-order valence-corrected chi connectivity index (χ0v) is 17.5. The molecular formula is C15H9Cl2F8N5S. The number of hydrogen-bond donors (Lipinski definition) is 0. The molecule has 31 heavy (non-hydrogen) atoms. The molecule has 0 unspecified atom stereocenters. The Bertz CT molecular complexity index is 1140. The number of hydrogen-bond acceptors (Lipinski definition) is 3. The first kappa shape index (κ1) is 24.8. The SMILES string of the molecule is CN(C)C=Nc1c(C(F)=C(F)F)c(C#N)nn1-c1c(Cl)cc(S(F)(F)(F)(F)F)cc1Cl. The average Bonchev–Trinajstić information content (AvgIpc) is 2.94. The van der Waals surface area contributed by atoms with E-state index in [1.807, 2.05) is 0 Å². The Morgan fingerprint density at radius 3 is 2.03 bits per heavy atom. The van der Waals surface area contributed by atoms with Gasteiger partial charge in [0.1, 0.15) is 16.7 Å². The molecule has 0 bridgehead atoms. The highest BCUT2D eigenvalue weighted by molar-refractivity contribution is 8.45. The summed E-state index contributed by atoms with van der Waals surface area (Å²) in [5, 5.41) is 10.6. The fourth-order valence-corrected chi connectivity index (χ4v) is 3.65. The monoisotopic (exact) mass is 513 g/mol. The van der Waals surface area contributed by atoms with Gasteiger partial charge in [-0.2, -0.15) is 19.1 Å². The van der Waals surface area contributed by atoms with E-state index < -0.39 is 59.8 Å². The van der Waals surface area contributed by atoms with Crippen LogP contribution in [0.4, 0.5) is 38.4 Å². The maximum absolute atomic E-state index is 14.1. The summed E-state index contributed by atoms with van der Waals surface area (Å²) in [5.41, 5.74) is -2.78. The van der Waals surface area contributed by atoms with E-state index in [0.717, 1.165) is 6.34 Å². The van der Waals surface area contributed by atoms with Gasteiger partial charge in [0.05, 0.1) is 21.9 Å². The van der Waals surface area contributed by atoms with Crippen LogP contribution >= 0.6 is 33.4 Å². The molecule has 0 spiro atoms. The molecule has 1 aromatic heterocycles. The molecule has 5 nitrogen and oxygen atoms in total. The molecule has 2 rings (SSSR count). The van der Waals surface area contributed by atoms with Crippen molar-refractivity contribution in [3.8, 4) is 11.8 Å². The predicted molar refractivity (Wildman–Crippen MR) is 102 cm³/mol. The summed E-state index contributed by atoms with van der Waals surface area (Å²) in [4.78, 5) is 2.54. The van der Waals surface area contributed by atoms with Crippen molar-refractivity contribution in [1.82, 2.24) is 14.7 Å². The zero-order chi connectivity index (χ0) is 24.0. The number of nitrogens with zero attached hydrogens (tertiary/aromatic N) is 5. The van der Waals surface area contributed by atoms with Crippen molar-refractivity contribution in [3.63, 3.8) is 0 Å². The first-order chi connectivity index (χ1) is 13.9. The van der Waals surface area contributed by atoms with Gasteiger partial charge in [-0.05, 0) is 12.1 Å². The molecule has 0 saturated carbocycles. The fourth-order valence-electron chi connectivity index (χ4n) is 2.20. The van der Waals surface area contributed by atoms with Crippen LogP contribution in [-0.2, 0) is 0 Å². The molecule has 16 heteroatoms. The smallest absolute Gasteiger partial charge is 0.310 e. The minimum absolute atomic E-state index is 0.154. The highest BCUT2D eigenvalue weighted by Crippen LogP contribution is 3.02. The molecule has 0 amide bonds. The largest absolute Gasteiger partial charge is 0.369 e. The normalized spacial score (nSPS) is 14.2. The molecule has 2 aromatic rings. The van der Waals surface area contributed by atoms with Crippen molar-refractivity contribution >= 4 is 51.4 Å². The molecule has 1 heterocycles. The summed E-state index contributed by atoms with van der Waals surface area (Å²) < 4.78 is 106. The standard InChI is InChI=1S/C15H9Cl2F8N5S/c1-29(2)6-27-15-11(12(18)14(19)20)10(5-26)28-30(15)13-8(16)3-7(4-9(13)17)31(21,22,23,24)25/h3-4,6H,1-2H3. The van der Waals surface area contributed by atoms with E-state index in [4.69, 9.17) is 28.5 Å². The van der Waals surface area contributed by atoms with E-state index in [-0.39, 0.29) is 12.1 Å². The van der Waals surface area contributed by atoms with Crippen LogP contribution in [0.1, 0.15) is 11.3 Å². The van der Waals surface area contributed by atoms with E-state index in [0.29, 0.717) is 4.68 Å². The van der Waals surface area contributed by atoms with Gasteiger partial charge in [-0.1, -0.05) is 42.6 Å². The molecule has 0 aliphatic heterocycles. The summed E-state index contributed by atoms with van der Waals surface area (Å²) in [6.45, 7) is 0. The summed E-state index contributed by atoms with van der Waals surface area (Å²) in [6, 6.07) is 1.02.